The third-order valence-electron chi connectivity index (χ3n) is 5.76. The van der Waals surface area contributed by atoms with Crippen molar-refractivity contribution >= 4 is 28.7 Å². The maximum Gasteiger partial charge on any atom is 0.229 e. The molecule has 8 heteroatoms. The van der Waals surface area contributed by atoms with Crippen molar-refractivity contribution in [3.63, 3.8) is 0 Å². The fraction of sp³-hybridized carbons (Fsp3) is 0.455. The molecule has 156 valence electrons. The van der Waals surface area contributed by atoms with Gasteiger partial charge >= 0.3 is 0 Å². The Hall–Kier alpha value is -3.00. The molecule has 5 rings (SSSR count). The highest BCUT2D eigenvalue weighted by atomic mass is 16.5. The van der Waals surface area contributed by atoms with Crippen LogP contribution in [0.2, 0.25) is 0 Å². The van der Waals surface area contributed by atoms with E-state index in [0.717, 1.165) is 55.9 Å². The number of hydrogen-bond acceptors (Lipinski definition) is 7. The minimum absolute atomic E-state index is 0.130. The van der Waals surface area contributed by atoms with Crippen molar-refractivity contribution in [2.24, 2.45) is 0 Å². The van der Waals surface area contributed by atoms with Gasteiger partial charge in [-0.05, 0) is 32.3 Å². The number of fused-ring (bicyclic) bond motifs is 1. The monoisotopic (exact) mass is 406 g/mol. The normalized spacial score (nSPS) is 17.5. The van der Waals surface area contributed by atoms with E-state index >= 15 is 0 Å². The molecule has 8 nitrogen and oxygen atoms in total. The zero-order valence-corrected chi connectivity index (χ0v) is 17.2. The quantitative estimate of drug-likeness (QED) is 0.667. The Morgan fingerprint density at radius 1 is 1.00 bits per heavy atom. The van der Waals surface area contributed by atoms with Gasteiger partial charge in [0.05, 0.1) is 13.2 Å². The summed E-state index contributed by atoms with van der Waals surface area (Å²) in [7, 11) is 0. The fourth-order valence-corrected chi connectivity index (χ4v) is 4.14. The second kappa shape index (κ2) is 8.02. The molecule has 0 saturated carbocycles. The van der Waals surface area contributed by atoms with Crippen molar-refractivity contribution in [3.8, 4) is 0 Å². The summed E-state index contributed by atoms with van der Waals surface area (Å²) in [6.07, 6.45) is 3.52. The number of imidazole rings is 1. The van der Waals surface area contributed by atoms with Crippen LogP contribution in [0.4, 0.5) is 11.8 Å². The van der Waals surface area contributed by atoms with Crippen molar-refractivity contribution in [1.29, 1.82) is 0 Å². The number of rotatable bonds is 4. The van der Waals surface area contributed by atoms with Gasteiger partial charge in [-0.2, -0.15) is 9.97 Å². The summed E-state index contributed by atoms with van der Waals surface area (Å²) < 4.78 is 5.48. The molecule has 0 bridgehead atoms. The number of hydrogen-bond donors (Lipinski definition) is 1. The summed E-state index contributed by atoms with van der Waals surface area (Å²) in [6, 6.07) is 7.56. The van der Waals surface area contributed by atoms with Crippen LogP contribution >= 0.6 is 0 Å². The van der Waals surface area contributed by atoms with Gasteiger partial charge < -0.3 is 19.5 Å². The summed E-state index contributed by atoms with van der Waals surface area (Å²) in [6.45, 7) is 6.72. The summed E-state index contributed by atoms with van der Waals surface area (Å²) >= 11 is 0. The van der Waals surface area contributed by atoms with Gasteiger partial charge in [-0.25, -0.2) is 4.98 Å². The largest absolute Gasteiger partial charge is 0.378 e. The van der Waals surface area contributed by atoms with Crippen LogP contribution < -0.4 is 9.80 Å². The van der Waals surface area contributed by atoms with E-state index in [2.05, 4.69) is 19.8 Å². The summed E-state index contributed by atoms with van der Waals surface area (Å²) in [4.78, 5) is 34.9. The molecule has 30 heavy (non-hydrogen) atoms. The number of nitrogens with zero attached hydrogens (tertiary/aromatic N) is 5. The van der Waals surface area contributed by atoms with E-state index in [1.165, 1.54) is 6.42 Å². The van der Waals surface area contributed by atoms with Crippen molar-refractivity contribution < 1.29 is 9.53 Å². The maximum atomic E-state index is 13.1. The number of anilines is 2. The second-order valence-electron chi connectivity index (χ2n) is 7.98. The lowest BCUT2D eigenvalue weighted by molar-refractivity contribution is 0.103. The highest BCUT2D eigenvalue weighted by Gasteiger charge is 2.24. The van der Waals surface area contributed by atoms with Crippen molar-refractivity contribution in [2.45, 2.75) is 26.2 Å². The van der Waals surface area contributed by atoms with E-state index in [1.807, 2.05) is 31.2 Å². The fourth-order valence-electron chi connectivity index (χ4n) is 4.14. The predicted octanol–water partition coefficient (Wildman–Crippen LogP) is 2.72. The number of ether oxygens (including phenoxy) is 1. The zero-order valence-electron chi connectivity index (χ0n) is 17.2. The van der Waals surface area contributed by atoms with Gasteiger partial charge in [0.1, 0.15) is 5.52 Å². The summed E-state index contributed by atoms with van der Waals surface area (Å²) in [5.41, 5.74) is 2.95. The molecule has 0 atom stereocenters. The molecule has 0 radical (unpaired) electrons. The predicted molar refractivity (Wildman–Crippen MR) is 115 cm³/mol. The van der Waals surface area contributed by atoms with E-state index < -0.39 is 0 Å². The van der Waals surface area contributed by atoms with E-state index in [4.69, 9.17) is 14.7 Å². The molecule has 0 amide bonds. The molecule has 1 N–H and O–H groups in total. The Labute approximate surface area is 175 Å². The van der Waals surface area contributed by atoms with Crippen LogP contribution in [0.5, 0.6) is 0 Å². The van der Waals surface area contributed by atoms with Gasteiger partial charge in [-0.1, -0.05) is 23.8 Å². The smallest absolute Gasteiger partial charge is 0.229 e. The Kier molecular flexibility index (Phi) is 5.08. The van der Waals surface area contributed by atoms with Gasteiger partial charge in [-0.15, -0.1) is 0 Å². The first kappa shape index (κ1) is 19.0. The minimum Gasteiger partial charge on any atom is -0.378 e. The standard InChI is InChI=1S/C22H26N6O2/c1-15-6-5-7-16(14-15)18(29)20-23-17-19(24-20)25-22(28-10-12-30-13-11-28)26-21(17)27-8-3-2-4-9-27/h5-7,14H,2-4,8-13H2,1H3,(H,23,24,25,26). The van der Waals surface area contributed by atoms with Gasteiger partial charge in [0.25, 0.3) is 0 Å². The summed E-state index contributed by atoms with van der Waals surface area (Å²) in [5, 5.41) is 0. The first-order valence-corrected chi connectivity index (χ1v) is 10.7. The molecule has 2 aliphatic heterocycles. The molecule has 4 heterocycles. The van der Waals surface area contributed by atoms with Crippen LogP contribution in [0.1, 0.15) is 41.0 Å². The van der Waals surface area contributed by atoms with E-state index in [0.29, 0.717) is 36.2 Å². The molecule has 2 fully saturated rings. The average Bonchev–Trinajstić information content (AvgIpc) is 3.23. The Morgan fingerprint density at radius 3 is 2.57 bits per heavy atom. The molecule has 2 aliphatic rings. The molecule has 1 aromatic carbocycles. The van der Waals surface area contributed by atoms with Crippen LogP contribution in [0.3, 0.4) is 0 Å². The van der Waals surface area contributed by atoms with Crippen molar-refractivity contribution in [1.82, 2.24) is 19.9 Å². The Morgan fingerprint density at radius 2 is 1.80 bits per heavy atom. The molecule has 2 saturated heterocycles. The SMILES string of the molecule is Cc1cccc(C(=O)c2nc3nc(N4CCOCC4)nc(N4CCCCC4)c3[nH]2)c1. The number of nitrogens with one attached hydrogen (secondary N) is 1. The van der Waals surface area contributed by atoms with Gasteiger partial charge in [-0.3, -0.25) is 4.79 Å². The van der Waals surface area contributed by atoms with Crippen LogP contribution in [0.15, 0.2) is 24.3 Å². The molecule has 0 aliphatic carbocycles. The highest BCUT2D eigenvalue weighted by Crippen LogP contribution is 2.28. The third kappa shape index (κ3) is 3.63. The minimum atomic E-state index is -0.130. The first-order valence-electron chi connectivity index (χ1n) is 10.7. The number of aryl methyl sites for hydroxylation is 1. The van der Waals surface area contributed by atoms with Crippen molar-refractivity contribution in [3.05, 3.63) is 41.2 Å². The van der Waals surface area contributed by atoms with Crippen molar-refractivity contribution in [2.75, 3.05) is 49.2 Å². The number of H-pyrrole nitrogens is 1. The zero-order chi connectivity index (χ0) is 20.5. The first-order chi connectivity index (χ1) is 14.7. The van der Waals surface area contributed by atoms with Gasteiger partial charge in [0.2, 0.25) is 11.7 Å². The molecule has 0 spiro atoms. The summed E-state index contributed by atoms with van der Waals surface area (Å²) in [5.74, 6) is 1.68. The number of ketones is 1. The average molecular weight is 406 g/mol. The lowest BCUT2D eigenvalue weighted by Gasteiger charge is -2.30. The Balaban J connectivity index is 1.58. The third-order valence-corrected chi connectivity index (χ3v) is 5.76. The van der Waals surface area contributed by atoms with Crippen LogP contribution in [-0.2, 0) is 4.74 Å². The lowest BCUT2D eigenvalue weighted by Crippen LogP contribution is -2.38. The number of carbonyl (C=O) groups is 1. The number of benzene rings is 1. The number of aromatic nitrogens is 4. The van der Waals surface area contributed by atoms with E-state index in [1.54, 1.807) is 0 Å². The number of aromatic amines is 1. The van der Waals surface area contributed by atoms with Gasteiger partial charge in [0, 0.05) is 31.7 Å². The van der Waals surface area contributed by atoms with Crippen LogP contribution in [0, 0.1) is 6.92 Å². The number of piperidine rings is 1. The molecular weight excluding hydrogens is 380 g/mol. The molecule has 2 aromatic heterocycles. The maximum absolute atomic E-state index is 13.1. The Bertz CT molecular complexity index is 1070. The number of carbonyl (C=O) groups excluding carboxylic acids is 1. The lowest BCUT2D eigenvalue weighted by atomic mass is 10.1. The number of morpholine rings is 1. The molecule has 0 unspecified atom stereocenters. The molecular formula is C22H26N6O2. The van der Waals surface area contributed by atoms with Crippen LogP contribution in [-0.4, -0.2) is 65.1 Å². The van der Waals surface area contributed by atoms with E-state index in [9.17, 15) is 4.79 Å². The molecule has 3 aromatic rings. The van der Waals surface area contributed by atoms with E-state index in [-0.39, 0.29) is 5.78 Å². The second-order valence-corrected chi connectivity index (χ2v) is 7.98. The van der Waals surface area contributed by atoms with Crippen LogP contribution in [0.25, 0.3) is 11.2 Å². The highest BCUT2D eigenvalue weighted by molar-refractivity contribution is 6.08. The topological polar surface area (TPSA) is 87.2 Å². The van der Waals surface area contributed by atoms with Gasteiger partial charge in [0.15, 0.2) is 17.3 Å².